The SMILES string of the molecule is CCOC(=O)Cn1c(=O)n(C2CC3CCCC(C2)N3C2CC3CC(CC)CC(C3)C2)c(=O)c2ccccc21.CCOC(=O)Cn1c(=O)n(C2CC3CCCC(C2)N3C2CC3CCCC(C3)C2)c(=O)c2ccccc21.COC(=O)CCC(=O)Cn1c(=O)n(C2CC3CCCC(C2)N3C2CC3CCCC(C3)C2)c(=O)c2ccccc21. The summed E-state index contributed by atoms with van der Waals surface area (Å²) in [6, 6.07) is 25.4. The van der Waals surface area contributed by atoms with Crippen molar-refractivity contribution in [1.29, 1.82) is 0 Å². The molecule has 113 heavy (non-hydrogen) atoms. The molecule has 12 unspecified atom stereocenters. The molecule has 6 saturated carbocycles. The van der Waals surface area contributed by atoms with Crippen LogP contribution in [0.4, 0.5) is 0 Å². The van der Waals surface area contributed by atoms with Crippen LogP contribution in [0.1, 0.15) is 264 Å². The van der Waals surface area contributed by atoms with Crippen LogP contribution in [-0.2, 0) is 53.0 Å². The maximum absolute atomic E-state index is 13.9. The number of benzene rings is 3. The summed E-state index contributed by atoms with van der Waals surface area (Å²) in [6.07, 6.45) is 40.2. The summed E-state index contributed by atoms with van der Waals surface area (Å²) in [5, 5.41) is 1.45. The Morgan fingerprint density at radius 2 is 0.628 bits per heavy atom. The molecule has 12 bridgehead atoms. The highest BCUT2D eigenvalue weighted by molar-refractivity contribution is 5.85. The van der Waals surface area contributed by atoms with Gasteiger partial charge in [-0.05, 0) is 239 Å². The summed E-state index contributed by atoms with van der Waals surface area (Å²) < 4.78 is 23.7. The molecular formula is C91H123N9O13. The number of methoxy groups -OCH3 is 1. The second-order valence-corrected chi connectivity index (χ2v) is 36.7. The Labute approximate surface area is 663 Å². The minimum absolute atomic E-state index is 0.00151. The second-order valence-electron chi connectivity index (χ2n) is 36.7. The van der Waals surface area contributed by atoms with Crippen LogP contribution in [0.15, 0.2) is 102 Å². The van der Waals surface area contributed by atoms with Crippen molar-refractivity contribution in [2.45, 2.75) is 338 Å². The molecule has 18 rings (SSSR count). The van der Waals surface area contributed by atoms with E-state index in [1.807, 2.05) is 12.1 Å². The van der Waals surface area contributed by atoms with Crippen molar-refractivity contribution in [3.05, 3.63) is 135 Å². The maximum atomic E-state index is 13.9. The van der Waals surface area contributed by atoms with E-state index in [-0.39, 0.29) is 97.7 Å². The Kier molecular flexibility index (Phi) is 24.4. The van der Waals surface area contributed by atoms with Gasteiger partial charge in [0.25, 0.3) is 16.7 Å². The number of carbonyl (C=O) groups excluding carboxylic acids is 4. The van der Waals surface area contributed by atoms with Gasteiger partial charge in [-0.2, -0.15) is 0 Å². The number of carbonyl (C=O) groups is 4. The predicted molar refractivity (Wildman–Crippen MR) is 436 cm³/mol. The number of rotatable bonds is 18. The molecule has 0 amide bonds. The third-order valence-electron chi connectivity index (χ3n) is 30.0. The zero-order chi connectivity index (χ0) is 78.3. The first-order valence-corrected chi connectivity index (χ1v) is 44.4. The summed E-state index contributed by atoms with van der Waals surface area (Å²) in [4.78, 5) is 140. The van der Waals surface area contributed by atoms with Crippen LogP contribution < -0.4 is 33.7 Å². The zero-order valence-electron chi connectivity index (χ0n) is 67.5. The van der Waals surface area contributed by atoms with E-state index in [1.54, 1.807) is 74.5 Å². The van der Waals surface area contributed by atoms with Crippen molar-refractivity contribution in [3.8, 4) is 0 Å². The van der Waals surface area contributed by atoms with Crippen LogP contribution in [-0.4, -0.2) is 140 Å². The summed E-state index contributed by atoms with van der Waals surface area (Å²) in [7, 11) is 1.29. The number of hydrogen-bond donors (Lipinski definition) is 0. The van der Waals surface area contributed by atoms with Crippen LogP contribution in [0.25, 0.3) is 32.7 Å². The fourth-order valence-electron chi connectivity index (χ4n) is 25.7. The van der Waals surface area contributed by atoms with E-state index in [1.165, 1.54) is 169 Å². The molecule has 6 aromatic rings. The van der Waals surface area contributed by atoms with Gasteiger partial charge in [0.05, 0.1) is 66.0 Å². The monoisotopic (exact) mass is 1550 g/mol. The highest BCUT2D eigenvalue weighted by Gasteiger charge is 2.50. The number of hydrogen-bond acceptors (Lipinski definition) is 16. The number of ketones is 1. The standard InChI is InChI=1S/C31H41N3O5.C31H43N3O4.C29H39N3O4/c1-39-29(36)13-12-26(35)19-32-28-11-3-2-10-27(28)30(37)34(31(32)38)25-17-22-8-5-9-23(18-25)33(22)24-15-20-6-4-7-21(14-20)16-24;1-3-20-12-21-14-22(13-20)16-25(15-21)33-23-8-7-9-24(33)18-26(17-23)34-30(36)27-10-5-6-11-28(27)32(31(34)37)19-29(35)38-4-2;1-2-36-27(33)18-30-26-12-4-3-11-25(26)28(34)32(29(30)35)24-16-21-9-6-10-22(17-24)31(21)23-14-19-7-5-8-20(13-19)15-23/h2-3,10-11,20-25H,4-9,12-19H2,1H3;5-6,10-11,20-26H,3-4,7-9,12-19H2,1-2H3;3-4,11-12,19-24H,2,5-10,13-18H2,1H3. The normalized spacial score (nSPS) is 32.1. The Balaban J connectivity index is 0.000000128. The average molecular weight is 1550 g/mol. The summed E-state index contributed by atoms with van der Waals surface area (Å²) in [5.41, 5.74) is -0.384. The number of fused-ring (bicyclic) bond motifs is 15. The number of para-hydroxylation sites is 3. The molecule has 6 aliphatic carbocycles. The van der Waals surface area contributed by atoms with Crippen molar-refractivity contribution >= 4 is 56.4 Å². The second kappa shape index (κ2) is 34.7. The fourth-order valence-corrected chi connectivity index (χ4v) is 25.7. The zero-order valence-corrected chi connectivity index (χ0v) is 67.5. The predicted octanol–water partition coefficient (Wildman–Crippen LogP) is 13.4. The van der Waals surface area contributed by atoms with Gasteiger partial charge >= 0.3 is 35.0 Å². The van der Waals surface area contributed by atoms with Crippen LogP contribution in [0.5, 0.6) is 0 Å². The van der Waals surface area contributed by atoms with Gasteiger partial charge in [0.1, 0.15) is 13.1 Å². The first kappa shape index (κ1) is 79.3. The molecule has 0 spiro atoms. The minimum atomic E-state index is -0.454. The highest BCUT2D eigenvalue weighted by atomic mass is 16.5. The Morgan fingerprint density at radius 3 is 0.947 bits per heavy atom. The molecule has 0 N–H and O–H groups in total. The van der Waals surface area contributed by atoms with E-state index in [0.29, 0.717) is 87.1 Å². The lowest BCUT2D eigenvalue weighted by atomic mass is 9.64. The van der Waals surface area contributed by atoms with E-state index in [4.69, 9.17) is 9.47 Å². The van der Waals surface area contributed by atoms with Gasteiger partial charge in [0, 0.05) is 78.9 Å². The Bertz CT molecular complexity index is 4780. The number of nitrogens with zero attached hydrogens (tertiary/aromatic N) is 9. The molecule has 9 heterocycles. The van der Waals surface area contributed by atoms with Crippen molar-refractivity contribution < 1.29 is 33.4 Å². The van der Waals surface area contributed by atoms with Crippen LogP contribution in [0.2, 0.25) is 0 Å². The van der Waals surface area contributed by atoms with Gasteiger partial charge in [-0.3, -0.25) is 75.7 Å². The van der Waals surface area contributed by atoms with Crippen LogP contribution >= 0.6 is 0 Å². The van der Waals surface area contributed by atoms with Gasteiger partial charge in [-0.1, -0.05) is 108 Å². The van der Waals surface area contributed by atoms with Crippen molar-refractivity contribution in [2.75, 3.05) is 20.3 Å². The van der Waals surface area contributed by atoms with E-state index in [9.17, 15) is 47.9 Å². The quantitative estimate of drug-likeness (QED) is 0.0574. The first-order chi connectivity index (χ1) is 54.9. The molecule has 12 atom stereocenters. The van der Waals surface area contributed by atoms with Crippen molar-refractivity contribution in [1.82, 2.24) is 42.1 Å². The lowest BCUT2D eigenvalue weighted by Gasteiger charge is -2.55. The largest absolute Gasteiger partial charge is 0.469 e. The molecule has 22 nitrogen and oxygen atoms in total. The summed E-state index contributed by atoms with van der Waals surface area (Å²) >= 11 is 0. The summed E-state index contributed by atoms with van der Waals surface area (Å²) in [5.74, 6) is 4.58. The highest BCUT2D eigenvalue weighted by Crippen LogP contribution is 2.52. The molecule has 6 aliphatic heterocycles. The van der Waals surface area contributed by atoms with Crippen LogP contribution in [0.3, 0.4) is 0 Å². The number of Topliss-reactive ketones (excluding diaryl/α,β-unsaturated/α-hetero) is 1. The lowest BCUT2D eigenvalue weighted by Crippen LogP contribution is -2.59. The van der Waals surface area contributed by atoms with E-state index < -0.39 is 23.6 Å². The van der Waals surface area contributed by atoms with Crippen molar-refractivity contribution in [2.24, 2.45) is 41.4 Å². The van der Waals surface area contributed by atoms with E-state index >= 15 is 0 Å². The molecule has 610 valence electrons. The number of piperidine rings is 6. The van der Waals surface area contributed by atoms with Gasteiger partial charge in [-0.15, -0.1) is 0 Å². The maximum Gasteiger partial charge on any atom is 0.332 e. The lowest BCUT2D eigenvalue weighted by molar-refractivity contribution is -0.144. The third kappa shape index (κ3) is 16.4. The molecule has 6 saturated heterocycles. The Hall–Kier alpha value is -7.56. The van der Waals surface area contributed by atoms with E-state index in [0.717, 1.165) is 118 Å². The smallest absolute Gasteiger partial charge is 0.332 e. The van der Waals surface area contributed by atoms with Gasteiger partial charge in [0.2, 0.25) is 0 Å². The third-order valence-corrected chi connectivity index (χ3v) is 30.0. The summed E-state index contributed by atoms with van der Waals surface area (Å²) in [6.45, 7) is 5.87. The Morgan fingerprint density at radius 1 is 0.327 bits per heavy atom. The number of aromatic nitrogens is 6. The molecule has 0 radical (unpaired) electrons. The molecule has 12 aliphatic rings. The fraction of sp³-hybridized carbons (Fsp3) is 0.692. The average Bonchev–Trinajstić information content (AvgIpc) is 0.749. The number of ether oxygens (including phenoxy) is 3. The number of esters is 3. The van der Waals surface area contributed by atoms with E-state index in [2.05, 4.69) is 26.4 Å². The van der Waals surface area contributed by atoms with Gasteiger partial charge < -0.3 is 14.2 Å². The molecule has 12 fully saturated rings. The van der Waals surface area contributed by atoms with Crippen LogP contribution in [0, 0.1) is 41.4 Å². The molecule has 22 heteroatoms. The van der Waals surface area contributed by atoms with Gasteiger partial charge in [0.15, 0.2) is 5.78 Å². The van der Waals surface area contributed by atoms with Gasteiger partial charge in [-0.25, -0.2) is 14.4 Å². The molecule has 3 aromatic heterocycles. The minimum Gasteiger partial charge on any atom is -0.469 e. The topological polar surface area (TPSA) is 238 Å². The molecule has 3 aromatic carbocycles. The first-order valence-electron chi connectivity index (χ1n) is 44.4. The molecular weight excluding hydrogens is 1430 g/mol. The van der Waals surface area contributed by atoms with Crippen molar-refractivity contribution in [3.63, 3.8) is 0 Å².